The Labute approximate surface area is 564 Å². The second kappa shape index (κ2) is 32.3. The highest BCUT2D eigenvalue weighted by Gasteiger charge is 2.65. The quantitative estimate of drug-likeness (QED) is 0.00734. The van der Waals surface area contributed by atoms with E-state index >= 15 is 0 Å². The first-order valence-corrected chi connectivity index (χ1v) is 33.5. The van der Waals surface area contributed by atoms with E-state index in [1.165, 1.54) is 12.5 Å². The summed E-state index contributed by atoms with van der Waals surface area (Å²) in [6, 6.07) is 28.8. The summed E-state index contributed by atoms with van der Waals surface area (Å²) in [5, 5.41) is 18.1. The number of Topliss-reactive ketones (excluding diaryl/α,β-unsaturated/α-hetero) is 2. The first kappa shape index (κ1) is 70.0. The zero-order valence-electron chi connectivity index (χ0n) is 55.3. The molecule has 2 fully saturated rings. The van der Waals surface area contributed by atoms with Crippen molar-refractivity contribution in [3.05, 3.63) is 143 Å². The molecule has 4 amide bonds. The number of rotatable bonds is 32. The molecular formula is C73H88N10O14. The van der Waals surface area contributed by atoms with Gasteiger partial charge in [-0.25, -0.2) is 9.59 Å². The topological polar surface area (TPSA) is 349 Å². The maximum absolute atomic E-state index is 14.9. The highest BCUT2D eigenvalue weighted by Crippen LogP contribution is 2.64. The Kier molecular flexibility index (Phi) is 23.3. The Morgan fingerprint density at radius 2 is 1.58 bits per heavy atom. The number of carbonyl (C=O) groups excluding carboxylic acids is 8. The van der Waals surface area contributed by atoms with E-state index in [1.54, 1.807) is 72.7 Å². The number of ether oxygens (including phenoxy) is 6. The van der Waals surface area contributed by atoms with E-state index in [1.807, 2.05) is 42.5 Å². The molecule has 5 aromatic carbocycles. The van der Waals surface area contributed by atoms with E-state index in [9.17, 15) is 38.4 Å². The second-order valence-corrected chi connectivity index (χ2v) is 25.9. The molecule has 10 N–H and O–H groups in total. The summed E-state index contributed by atoms with van der Waals surface area (Å²) in [6.07, 6.45) is 5.24. The SMILES string of the molecule is COc1ccc2c3c1O[C@H]1C(OC(=O)N4CCC(C(=O)NCCCC[C@H](CC(=O)OCc5ccccc5)C(=O)NCCOc5ccc(C(=O)Oc6ccc7cc(C(=N)N)ccc7c6)cc5)CC4CCC(=O)[C@@H](CCCN=C(N)N)NC(=O)CCC(C)=O)=CC[C@H]4[C@@H](C2)N(C)CC[C@]314. The minimum Gasteiger partial charge on any atom is -0.493 e. The molecule has 0 radical (unpaired) electrons. The average Bonchev–Trinajstić information content (AvgIpc) is 1.55. The van der Waals surface area contributed by atoms with Crippen LogP contribution in [0.25, 0.3) is 10.8 Å². The van der Waals surface area contributed by atoms with Gasteiger partial charge in [-0.2, -0.15) is 0 Å². The standard InChI is InChI=1S/C73H88N10O14/c1-44(84)14-29-62(86)81-57(13-9-33-80-71(76)77)59(85)26-21-53-39-52(30-35-83(53)72(91)96-61-28-25-56-58-41-49-20-27-60(92-3)65-64(49)73(56,66(61)97-65)31-36-82(58)2)69(89)78-32-8-7-12-51(42-63(87)94-43-45-10-5-4-6-11-45)68(88)79-34-37-93-54-22-17-46(18-23-54)70(90)95-55-24-19-47-38-50(67(74)75)16-15-48(47)40-55/h4-6,10-11,15-20,22-24,27-28,38,40,51-53,56-58,66H,7-9,12-14,21,25-26,29-37,39,41-43H2,1-3H3,(H3,74,75)(H,78,89)(H,79,88)(H,81,86)(H4,76,77,80)/t51-,52?,53?,56+,57-,58-,66+,73+/m1/s1. The van der Waals surface area contributed by atoms with Crippen LogP contribution in [0.3, 0.4) is 0 Å². The van der Waals surface area contributed by atoms with Crippen LogP contribution in [-0.4, -0.2) is 147 Å². The lowest BCUT2D eigenvalue weighted by Gasteiger charge is -2.56. The largest absolute Gasteiger partial charge is 0.493 e. The number of hydrogen-bond donors (Lipinski definition) is 7. The molecule has 5 aromatic rings. The predicted molar refractivity (Wildman–Crippen MR) is 362 cm³/mol. The van der Waals surface area contributed by atoms with Crippen molar-refractivity contribution in [2.75, 3.05) is 53.5 Å². The highest BCUT2D eigenvalue weighted by molar-refractivity contribution is 6.00. The number of esters is 2. The van der Waals surface area contributed by atoms with Gasteiger partial charge in [0, 0.05) is 79.4 Å². The molecule has 514 valence electrons. The number of amides is 4. The van der Waals surface area contributed by atoms with E-state index in [-0.39, 0.29) is 137 Å². The fraction of sp³-hybridized carbons (Fsp3) is 0.452. The fourth-order valence-electron chi connectivity index (χ4n) is 14.4. The van der Waals surface area contributed by atoms with Gasteiger partial charge in [0.2, 0.25) is 17.7 Å². The molecule has 3 aliphatic heterocycles. The number of piperidine rings is 2. The van der Waals surface area contributed by atoms with E-state index in [0.29, 0.717) is 72.8 Å². The van der Waals surface area contributed by atoms with Crippen LogP contribution in [0.1, 0.15) is 129 Å². The third-order valence-corrected chi connectivity index (χ3v) is 19.4. The number of nitrogens with two attached hydrogens (primary N) is 3. The molecule has 0 saturated carbocycles. The number of allylic oxidation sites excluding steroid dienone is 1. The van der Waals surface area contributed by atoms with Crippen molar-refractivity contribution in [3.8, 4) is 23.0 Å². The van der Waals surface area contributed by atoms with Gasteiger partial charge in [0.05, 0.1) is 31.7 Å². The van der Waals surface area contributed by atoms with Crippen LogP contribution in [0.2, 0.25) is 0 Å². The fourth-order valence-corrected chi connectivity index (χ4v) is 14.4. The van der Waals surface area contributed by atoms with Gasteiger partial charge < -0.3 is 76.2 Å². The number of nitrogens with one attached hydrogen (secondary N) is 4. The molecule has 1 spiro atoms. The van der Waals surface area contributed by atoms with Crippen molar-refractivity contribution < 1.29 is 66.8 Å². The third kappa shape index (κ3) is 17.2. The molecular weight excluding hydrogens is 1240 g/mol. The molecule has 10 rings (SSSR count). The Balaban J connectivity index is 0.754. The van der Waals surface area contributed by atoms with E-state index in [2.05, 4.69) is 39.0 Å². The summed E-state index contributed by atoms with van der Waals surface area (Å²) < 4.78 is 36.3. The molecule has 8 atom stereocenters. The van der Waals surface area contributed by atoms with E-state index in [4.69, 9.17) is 51.0 Å². The molecule has 3 heterocycles. The van der Waals surface area contributed by atoms with Crippen LogP contribution >= 0.6 is 0 Å². The summed E-state index contributed by atoms with van der Waals surface area (Å²) in [7, 11) is 3.78. The number of amidine groups is 1. The number of carbonyl (C=O) groups is 8. The Bertz CT molecular complexity index is 3800. The molecule has 2 unspecified atom stereocenters. The lowest BCUT2D eigenvalue weighted by atomic mass is 9.53. The monoisotopic (exact) mass is 1330 g/mol. The normalized spacial score (nSPS) is 20.3. The number of nitrogen functional groups attached to an aromatic ring is 1. The van der Waals surface area contributed by atoms with Crippen LogP contribution < -0.4 is 52.1 Å². The zero-order valence-corrected chi connectivity index (χ0v) is 55.3. The summed E-state index contributed by atoms with van der Waals surface area (Å²) in [5.74, 6) is -1.39. The number of ketones is 2. The van der Waals surface area contributed by atoms with Crippen molar-refractivity contribution in [3.63, 3.8) is 0 Å². The molecule has 2 aliphatic carbocycles. The van der Waals surface area contributed by atoms with Crippen molar-refractivity contribution >= 4 is 69.9 Å². The summed E-state index contributed by atoms with van der Waals surface area (Å²) in [6.45, 7) is 3.06. The second-order valence-electron chi connectivity index (χ2n) is 25.9. The van der Waals surface area contributed by atoms with Gasteiger partial charge in [-0.1, -0.05) is 61.0 Å². The van der Waals surface area contributed by atoms with E-state index in [0.717, 1.165) is 41.3 Å². The van der Waals surface area contributed by atoms with Gasteiger partial charge in [-0.15, -0.1) is 0 Å². The van der Waals surface area contributed by atoms with Crippen molar-refractivity contribution in [2.45, 2.75) is 139 Å². The smallest absolute Gasteiger partial charge is 0.415 e. The molecule has 2 saturated heterocycles. The van der Waals surface area contributed by atoms with Crippen LogP contribution in [0, 0.1) is 23.2 Å². The number of methoxy groups -OCH3 is 1. The molecule has 24 nitrogen and oxygen atoms in total. The average molecular weight is 1330 g/mol. The number of guanidine groups is 1. The summed E-state index contributed by atoms with van der Waals surface area (Å²) in [4.78, 5) is 116. The number of nitrogens with zero attached hydrogens (tertiary/aromatic N) is 3. The Hall–Kier alpha value is -9.84. The van der Waals surface area contributed by atoms with Crippen LogP contribution in [-0.2, 0) is 56.7 Å². The van der Waals surface area contributed by atoms with Crippen molar-refractivity contribution in [1.29, 1.82) is 5.41 Å². The lowest BCUT2D eigenvalue weighted by Crippen LogP contribution is -2.63. The summed E-state index contributed by atoms with van der Waals surface area (Å²) >= 11 is 0. The Morgan fingerprint density at radius 3 is 2.34 bits per heavy atom. The van der Waals surface area contributed by atoms with Crippen LogP contribution in [0.15, 0.2) is 120 Å². The first-order chi connectivity index (χ1) is 46.8. The minimum absolute atomic E-state index is 0.0128. The number of likely N-dealkylation sites (N-methyl/N-ethyl adjacent to an activating group) is 1. The number of fused-ring (bicyclic) bond motifs is 1. The maximum atomic E-state index is 14.9. The van der Waals surface area contributed by atoms with Crippen LogP contribution in [0.4, 0.5) is 4.79 Å². The predicted octanol–water partition coefficient (Wildman–Crippen LogP) is 7.22. The highest BCUT2D eigenvalue weighted by atomic mass is 16.6. The van der Waals surface area contributed by atoms with Crippen LogP contribution in [0.5, 0.6) is 23.0 Å². The van der Waals surface area contributed by atoms with Gasteiger partial charge in [0.25, 0.3) is 0 Å². The number of likely N-dealkylation sites (tertiary alicyclic amines) is 2. The molecule has 24 heteroatoms. The maximum Gasteiger partial charge on any atom is 0.415 e. The molecule has 97 heavy (non-hydrogen) atoms. The minimum atomic E-state index is -0.930. The van der Waals surface area contributed by atoms with Gasteiger partial charge >= 0.3 is 18.0 Å². The lowest BCUT2D eigenvalue weighted by molar-refractivity contribution is -0.148. The number of hydrogen-bond acceptors (Lipinski definition) is 17. The summed E-state index contributed by atoms with van der Waals surface area (Å²) in [5.41, 5.74) is 20.3. The molecule has 0 aromatic heterocycles. The first-order valence-electron chi connectivity index (χ1n) is 33.5. The Morgan fingerprint density at radius 1 is 0.814 bits per heavy atom. The number of aliphatic imine (C=N–C) groups is 1. The number of unbranched alkanes of at least 4 members (excludes halogenated alkanes) is 1. The van der Waals surface area contributed by atoms with Gasteiger partial charge in [-0.05, 0) is 167 Å². The van der Waals surface area contributed by atoms with Crippen molar-refractivity contribution in [2.24, 2.45) is 39.9 Å². The number of benzene rings is 5. The molecule has 5 aliphatic rings. The van der Waals surface area contributed by atoms with Gasteiger partial charge in [0.1, 0.15) is 42.1 Å². The zero-order chi connectivity index (χ0) is 68.8. The molecule has 2 bridgehead atoms. The van der Waals surface area contributed by atoms with Gasteiger partial charge in [0.15, 0.2) is 29.3 Å². The van der Waals surface area contributed by atoms with E-state index < -0.39 is 59.4 Å². The van der Waals surface area contributed by atoms with Gasteiger partial charge in [-0.3, -0.25) is 34.4 Å². The van der Waals surface area contributed by atoms with Crippen molar-refractivity contribution in [1.82, 2.24) is 25.8 Å². The third-order valence-electron chi connectivity index (χ3n) is 19.4.